The molecule has 3 N–H and O–H groups in total. The predicted octanol–water partition coefficient (Wildman–Crippen LogP) is 2.19. The second-order valence-electron chi connectivity index (χ2n) is 4.10. The van der Waals surface area contributed by atoms with E-state index in [-0.39, 0.29) is 11.5 Å². The van der Waals surface area contributed by atoms with Crippen molar-refractivity contribution in [3.63, 3.8) is 0 Å². The lowest BCUT2D eigenvalue weighted by Crippen LogP contribution is -2.08. The first-order valence-electron chi connectivity index (χ1n) is 6.37. The van der Waals surface area contributed by atoms with Crippen LogP contribution in [0.25, 0.3) is 0 Å². The van der Waals surface area contributed by atoms with Gasteiger partial charge in [0.15, 0.2) is 0 Å². The summed E-state index contributed by atoms with van der Waals surface area (Å²) in [4.78, 5) is 13.9. The molecule has 0 saturated carbocycles. The molecule has 19 heavy (non-hydrogen) atoms. The van der Waals surface area contributed by atoms with Crippen LogP contribution < -0.4 is 11.1 Å². The van der Waals surface area contributed by atoms with Gasteiger partial charge in [-0.25, -0.2) is 4.98 Å². The molecule has 1 aromatic heterocycles. The van der Waals surface area contributed by atoms with E-state index in [1.165, 1.54) is 6.07 Å². The summed E-state index contributed by atoms with van der Waals surface area (Å²) in [6.07, 6.45) is 3.06. The molecule has 7 heteroatoms. The predicted molar refractivity (Wildman–Crippen MR) is 74.1 cm³/mol. The smallest absolute Gasteiger partial charge is 0.311 e. The van der Waals surface area contributed by atoms with Gasteiger partial charge in [0.2, 0.25) is 5.82 Å². The van der Waals surface area contributed by atoms with Gasteiger partial charge < -0.3 is 15.8 Å². The number of nitrogen functional groups attached to an aromatic ring is 1. The highest BCUT2D eigenvalue weighted by atomic mass is 16.6. The van der Waals surface area contributed by atoms with Crippen LogP contribution in [0.4, 0.5) is 17.3 Å². The maximum Gasteiger partial charge on any atom is 0.311 e. The van der Waals surface area contributed by atoms with Gasteiger partial charge in [0, 0.05) is 25.8 Å². The average Bonchev–Trinajstić information content (AvgIpc) is 2.37. The van der Waals surface area contributed by atoms with Crippen LogP contribution in [0.5, 0.6) is 0 Å². The third-order valence-electron chi connectivity index (χ3n) is 2.51. The Morgan fingerprint density at radius 2 is 2.16 bits per heavy atom. The molecular formula is C12H20N4O3. The first kappa shape index (κ1) is 15.2. The minimum absolute atomic E-state index is 0.0748. The van der Waals surface area contributed by atoms with Gasteiger partial charge >= 0.3 is 5.69 Å². The van der Waals surface area contributed by atoms with Crippen LogP contribution in [0.15, 0.2) is 12.1 Å². The molecule has 0 saturated heterocycles. The van der Waals surface area contributed by atoms with E-state index >= 15 is 0 Å². The Balaban J connectivity index is 2.26. The summed E-state index contributed by atoms with van der Waals surface area (Å²) >= 11 is 0. The van der Waals surface area contributed by atoms with Crippen molar-refractivity contribution in [3.05, 3.63) is 22.2 Å². The van der Waals surface area contributed by atoms with Crippen LogP contribution in [-0.2, 0) is 4.74 Å². The molecule has 0 amide bonds. The zero-order valence-electron chi connectivity index (χ0n) is 11.1. The van der Waals surface area contributed by atoms with Crippen molar-refractivity contribution in [2.24, 2.45) is 0 Å². The molecule has 0 aliphatic rings. The maximum absolute atomic E-state index is 10.6. The van der Waals surface area contributed by atoms with Crippen LogP contribution in [0, 0.1) is 10.1 Å². The fourth-order valence-electron chi connectivity index (χ4n) is 1.46. The van der Waals surface area contributed by atoms with E-state index in [9.17, 15) is 10.1 Å². The molecule has 0 atom stereocenters. The monoisotopic (exact) mass is 268 g/mol. The van der Waals surface area contributed by atoms with Gasteiger partial charge in [-0.05, 0) is 18.9 Å². The highest BCUT2D eigenvalue weighted by Gasteiger charge is 2.12. The van der Waals surface area contributed by atoms with Crippen molar-refractivity contribution in [1.29, 1.82) is 0 Å². The largest absolute Gasteiger partial charge is 0.381 e. The summed E-state index contributed by atoms with van der Waals surface area (Å²) in [6, 6.07) is 2.90. The lowest BCUT2D eigenvalue weighted by Gasteiger charge is -2.06. The van der Waals surface area contributed by atoms with Gasteiger partial charge in [0.1, 0.15) is 5.82 Å². The van der Waals surface area contributed by atoms with Crippen molar-refractivity contribution in [3.8, 4) is 0 Å². The zero-order chi connectivity index (χ0) is 14.1. The molecule has 0 fully saturated rings. The van der Waals surface area contributed by atoms with Crippen molar-refractivity contribution < 1.29 is 9.66 Å². The average molecular weight is 268 g/mol. The second-order valence-corrected chi connectivity index (χ2v) is 4.10. The highest BCUT2D eigenvalue weighted by molar-refractivity contribution is 5.57. The molecule has 0 radical (unpaired) electrons. The van der Waals surface area contributed by atoms with E-state index in [1.54, 1.807) is 6.07 Å². The Kier molecular flexibility index (Phi) is 6.59. The van der Waals surface area contributed by atoms with Crippen LogP contribution in [0.2, 0.25) is 0 Å². The molecule has 7 nitrogen and oxygen atoms in total. The van der Waals surface area contributed by atoms with Crippen LogP contribution in [0.3, 0.4) is 0 Å². The fraction of sp³-hybridized carbons (Fsp3) is 0.583. The Labute approximate surface area is 112 Å². The molecule has 1 aromatic rings. The number of ether oxygens (including phenoxy) is 1. The van der Waals surface area contributed by atoms with Gasteiger partial charge in [-0.2, -0.15) is 0 Å². The van der Waals surface area contributed by atoms with Gasteiger partial charge in [0.25, 0.3) is 0 Å². The first-order chi connectivity index (χ1) is 9.15. The van der Waals surface area contributed by atoms with Crippen molar-refractivity contribution in [1.82, 2.24) is 4.98 Å². The van der Waals surface area contributed by atoms with Gasteiger partial charge in [-0.15, -0.1) is 0 Å². The van der Waals surface area contributed by atoms with Crippen molar-refractivity contribution >= 4 is 17.3 Å². The van der Waals surface area contributed by atoms with Crippen molar-refractivity contribution in [2.75, 3.05) is 30.8 Å². The second kappa shape index (κ2) is 8.25. The normalized spacial score (nSPS) is 10.4. The summed E-state index contributed by atoms with van der Waals surface area (Å²) in [5.74, 6) is 0.464. The SMILES string of the molecule is CCCCOCCCNc1ccc([N+](=O)[O-])c(N)n1. The van der Waals surface area contributed by atoms with Gasteiger partial charge in [-0.3, -0.25) is 10.1 Å². The maximum atomic E-state index is 10.6. The molecule has 1 heterocycles. The van der Waals surface area contributed by atoms with Gasteiger partial charge in [0.05, 0.1) is 4.92 Å². The lowest BCUT2D eigenvalue weighted by atomic mass is 10.3. The number of hydrogen-bond acceptors (Lipinski definition) is 6. The third-order valence-corrected chi connectivity index (χ3v) is 2.51. The summed E-state index contributed by atoms with van der Waals surface area (Å²) in [7, 11) is 0. The van der Waals surface area contributed by atoms with Crippen LogP contribution in [-0.4, -0.2) is 29.7 Å². The Morgan fingerprint density at radius 1 is 1.42 bits per heavy atom. The minimum Gasteiger partial charge on any atom is -0.381 e. The third kappa shape index (κ3) is 5.52. The molecule has 106 valence electrons. The molecular weight excluding hydrogens is 248 g/mol. The van der Waals surface area contributed by atoms with E-state index in [1.807, 2.05) is 0 Å². The summed E-state index contributed by atoms with van der Waals surface area (Å²) in [5.41, 5.74) is 5.32. The molecule has 1 rings (SSSR count). The van der Waals surface area contributed by atoms with E-state index in [0.717, 1.165) is 25.9 Å². The Hall–Kier alpha value is -1.89. The van der Waals surface area contributed by atoms with Crippen molar-refractivity contribution in [2.45, 2.75) is 26.2 Å². The Bertz CT molecular complexity index is 412. The number of pyridine rings is 1. The minimum atomic E-state index is -0.548. The molecule has 0 spiro atoms. The van der Waals surface area contributed by atoms with E-state index in [0.29, 0.717) is 19.0 Å². The van der Waals surface area contributed by atoms with E-state index in [4.69, 9.17) is 10.5 Å². The van der Waals surface area contributed by atoms with Crippen LogP contribution >= 0.6 is 0 Å². The molecule has 0 aromatic carbocycles. The number of rotatable bonds is 9. The number of nitro groups is 1. The Morgan fingerprint density at radius 3 is 2.79 bits per heavy atom. The molecule has 0 aliphatic heterocycles. The first-order valence-corrected chi connectivity index (χ1v) is 6.37. The van der Waals surface area contributed by atoms with Crippen LogP contribution in [0.1, 0.15) is 26.2 Å². The van der Waals surface area contributed by atoms with E-state index < -0.39 is 4.92 Å². The topological polar surface area (TPSA) is 103 Å². The number of anilines is 2. The highest BCUT2D eigenvalue weighted by Crippen LogP contribution is 2.20. The van der Waals surface area contributed by atoms with Gasteiger partial charge in [-0.1, -0.05) is 13.3 Å². The number of nitrogens with two attached hydrogens (primary N) is 1. The van der Waals surface area contributed by atoms with E-state index in [2.05, 4.69) is 17.2 Å². The number of aromatic nitrogens is 1. The summed E-state index contributed by atoms with van der Waals surface area (Å²) < 4.78 is 5.41. The summed E-state index contributed by atoms with van der Waals surface area (Å²) in [5, 5.41) is 13.6. The number of nitrogens with one attached hydrogen (secondary N) is 1. The standard InChI is InChI=1S/C12H20N4O3/c1-2-3-8-19-9-4-7-14-11-6-5-10(16(17)18)12(13)15-11/h5-6H,2-4,7-9H2,1H3,(H3,13,14,15). The number of hydrogen-bond donors (Lipinski definition) is 2. The molecule has 0 aliphatic carbocycles. The lowest BCUT2D eigenvalue weighted by molar-refractivity contribution is -0.384. The molecule has 0 bridgehead atoms. The molecule has 0 unspecified atom stereocenters. The summed E-state index contributed by atoms with van der Waals surface area (Å²) in [6.45, 7) is 4.29. The zero-order valence-corrected chi connectivity index (χ0v) is 11.1. The quantitative estimate of drug-likeness (QED) is 0.404. The number of unbranched alkanes of at least 4 members (excludes halogenated alkanes) is 1. The number of nitrogens with zero attached hydrogens (tertiary/aromatic N) is 2. The fourth-order valence-corrected chi connectivity index (χ4v) is 1.46.